The quantitative estimate of drug-likeness (QED) is 0.186. The van der Waals surface area contributed by atoms with Gasteiger partial charge in [-0.3, -0.25) is 9.67 Å². The first kappa shape index (κ1) is 28.2. The van der Waals surface area contributed by atoms with Crippen LogP contribution in [0.25, 0.3) is 11.3 Å². The van der Waals surface area contributed by atoms with Crippen molar-refractivity contribution in [2.24, 2.45) is 12.0 Å². The number of benzene rings is 1. The van der Waals surface area contributed by atoms with E-state index in [0.717, 1.165) is 11.1 Å². The highest BCUT2D eigenvalue weighted by molar-refractivity contribution is 6.33. The van der Waals surface area contributed by atoms with Crippen LogP contribution < -0.4 is 0 Å². The van der Waals surface area contributed by atoms with Crippen molar-refractivity contribution in [2.45, 2.75) is 52.5 Å². The third-order valence-corrected chi connectivity index (χ3v) is 5.28. The second-order valence-corrected chi connectivity index (χ2v) is 9.16. The molecule has 0 bridgehead atoms. The summed E-state index contributed by atoms with van der Waals surface area (Å²) in [7, 11) is 3.23. The molecule has 0 radical (unpaired) electrons. The SMILES string of the molecule is CN=C/C(=C(/OC(C)OC(=O)OCC(F)(F)F)c1c(Cl)c(C)nn1C)c1ccc(C(C)(C)C)cc1. The molecule has 1 aromatic heterocycles. The van der Waals surface area contributed by atoms with Crippen LogP contribution in [0.5, 0.6) is 0 Å². The Morgan fingerprint density at radius 3 is 2.26 bits per heavy atom. The second kappa shape index (κ2) is 11.2. The summed E-state index contributed by atoms with van der Waals surface area (Å²) in [4.78, 5) is 15.9. The van der Waals surface area contributed by atoms with Crippen molar-refractivity contribution in [1.82, 2.24) is 9.78 Å². The number of hydrogen-bond acceptors (Lipinski definition) is 6. The van der Waals surface area contributed by atoms with E-state index in [2.05, 4.69) is 35.6 Å². The predicted molar refractivity (Wildman–Crippen MR) is 128 cm³/mol. The Balaban J connectivity index is 2.54. The highest BCUT2D eigenvalue weighted by atomic mass is 35.5. The van der Waals surface area contributed by atoms with Gasteiger partial charge in [-0.15, -0.1) is 0 Å². The molecular weight excluding hydrogens is 487 g/mol. The van der Waals surface area contributed by atoms with Gasteiger partial charge in [0, 0.05) is 32.8 Å². The number of halogens is 4. The van der Waals surface area contributed by atoms with Crippen LogP contribution in [-0.2, 0) is 26.7 Å². The molecule has 35 heavy (non-hydrogen) atoms. The third kappa shape index (κ3) is 7.74. The molecule has 2 rings (SSSR count). The molecule has 0 N–H and O–H groups in total. The molecule has 0 saturated carbocycles. The summed E-state index contributed by atoms with van der Waals surface area (Å²) in [5.74, 6) is 0.170. The van der Waals surface area contributed by atoms with Gasteiger partial charge >= 0.3 is 12.3 Å². The molecular formula is C24H29ClF3N3O4. The monoisotopic (exact) mass is 515 g/mol. The van der Waals surface area contributed by atoms with Gasteiger partial charge in [-0.25, -0.2) is 4.79 Å². The number of aryl methyl sites for hydroxylation is 2. The van der Waals surface area contributed by atoms with E-state index in [0.29, 0.717) is 22.0 Å². The Morgan fingerprint density at radius 2 is 1.80 bits per heavy atom. The molecule has 1 heterocycles. The minimum absolute atomic E-state index is 0.0673. The van der Waals surface area contributed by atoms with E-state index in [1.54, 1.807) is 27.2 Å². The number of carbonyl (C=O) groups is 1. The van der Waals surface area contributed by atoms with Gasteiger partial charge in [-0.1, -0.05) is 56.6 Å². The molecule has 1 aromatic carbocycles. The topological polar surface area (TPSA) is 74.9 Å². The Bertz CT molecular complexity index is 1100. The molecule has 192 valence electrons. The number of nitrogens with zero attached hydrogens (tertiary/aromatic N) is 3. The van der Waals surface area contributed by atoms with E-state index >= 15 is 0 Å². The molecule has 7 nitrogen and oxygen atoms in total. The van der Waals surface area contributed by atoms with Crippen LogP contribution in [0.1, 0.15) is 50.2 Å². The fourth-order valence-corrected chi connectivity index (χ4v) is 3.42. The van der Waals surface area contributed by atoms with Crippen molar-refractivity contribution in [3.8, 4) is 0 Å². The number of carbonyl (C=O) groups excluding carboxylic acids is 1. The maximum Gasteiger partial charge on any atom is 0.511 e. The van der Waals surface area contributed by atoms with Gasteiger partial charge in [0.15, 0.2) is 12.4 Å². The first-order valence-corrected chi connectivity index (χ1v) is 11.1. The largest absolute Gasteiger partial charge is 0.511 e. The van der Waals surface area contributed by atoms with Gasteiger partial charge < -0.3 is 14.2 Å². The molecule has 0 spiro atoms. The van der Waals surface area contributed by atoms with Crippen LogP contribution in [-0.4, -0.2) is 48.3 Å². The normalized spacial score (nSPS) is 14.0. The second-order valence-electron chi connectivity index (χ2n) is 8.79. The lowest BCUT2D eigenvalue weighted by atomic mass is 9.86. The standard InChI is InChI=1S/C24H29ClF3N3O4/c1-14-19(25)20(31(7)30-14)21(34-15(2)35-22(32)33-13-24(26,27)28)18(12-29-6)16-8-10-17(11-9-16)23(3,4)5/h8-12,15H,13H2,1-7H3/b21-18-,29-12?. The van der Waals surface area contributed by atoms with E-state index in [9.17, 15) is 18.0 Å². The van der Waals surface area contributed by atoms with Gasteiger partial charge in [0.05, 0.1) is 10.7 Å². The number of hydrogen-bond donors (Lipinski definition) is 0. The molecule has 2 aromatic rings. The van der Waals surface area contributed by atoms with Crippen LogP contribution in [0.3, 0.4) is 0 Å². The zero-order valence-corrected chi connectivity index (χ0v) is 21.4. The summed E-state index contributed by atoms with van der Waals surface area (Å²) >= 11 is 6.52. The summed E-state index contributed by atoms with van der Waals surface area (Å²) in [5.41, 5.74) is 3.16. The molecule has 0 aliphatic rings. The zero-order valence-electron chi connectivity index (χ0n) is 20.7. The van der Waals surface area contributed by atoms with E-state index in [4.69, 9.17) is 21.1 Å². The molecule has 0 fully saturated rings. The minimum Gasteiger partial charge on any atom is -0.452 e. The number of alkyl halides is 3. The molecule has 11 heteroatoms. The van der Waals surface area contributed by atoms with Crippen molar-refractivity contribution in [2.75, 3.05) is 13.7 Å². The van der Waals surface area contributed by atoms with Crippen LogP contribution in [0.15, 0.2) is 29.3 Å². The Morgan fingerprint density at radius 1 is 1.20 bits per heavy atom. The van der Waals surface area contributed by atoms with E-state index in [1.807, 2.05) is 24.3 Å². The van der Waals surface area contributed by atoms with Crippen LogP contribution in [0.4, 0.5) is 18.0 Å². The summed E-state index contributed by atoms with van der Waals surface area (Å²) in [6.45, 7) is 7.56. The van der Waals surface area contributed by atoms with Gasteiger partial charge in [-0.05, 0) is 23.5 Å². The predicted octanol–water partition coefficient (Wildman–Crippen LogP) is 6.33. The lowest BCUT2D eigenvalue weighted by Crippen LogP contribution is -2.24. The average Bonchev–Trinajstić information content (AvgIpc) is 2.99. The molecule has 0 amide bonds. The molecule has 0 saturated heterocycles. The van der Waals surface area contributed by atoms with Crippen molar-refractivity contribution in [3.05, 3.63) is 51.8 Å². The lowest BCUT2D eigenvalue weighted by molar-refractivity contribution is -0.171. The maximum atomic E-state index is 12.3. The minimum atomic E-state index is -4.68. The third-order valence-electron chi connectivity index (χ3n) is 4.83. The molecule has 1 unspecified atom stereocenters. The number of aromatic nitrogens is 2. The van der Waals surface area contributed by atoms with Crippen LogP contribution in [0, 0.1) is 6.92 Å². The Hall–Kier alpha value is -3.01. The van der Waals surface area contributed by atoms with E-state index < -0.39 is 25.2 Å². The van der Waals surface area contributed by atoms with Crippen molar-refractivity contribution in [3.63, 3.8) is 0 Å². The highest BCUT2D eigenvalue weighted by Gasteiger charge is 2.31. The lowest BCUT2D eigenvalue weighted by Gasteiger charge is -2.22. The molecule has 0 aliphatic carbocycles. The number of rotatable bonds is 7. The van der Waals surface area contributed by atoms with Gasteiger partial charge in [0.1, 0.15) is 5.69 Å². The zero-order chi connectivity index (χ0) is 26.6. The van der Waals surface area contributed by atoms with Crippen LogP contribution >= 0.6 is 11.6 Å². The first-order chi connectivity index (χ1) is 16.1. The summed E-state index contributed by atoms with van der Waals surface area (Å²) < 4.78 is 53.4. The molecule has 1 atom stereocenters. The van der Waals surface area contributed by atoms with Crippen LogP contribution in [0.2, 0.25) is 5.02 Å². The maximum absolute atomic E-state index is 12.3. The van der Waals surface area contributed by atoms with E-state index in [-0.39, 0.29) is 11.2 Å². The smallest absolute Gasteiger partial charge is 0.452 e. The van der Waals surface area contributed by atoms with Gasteiger partial charge in [0.2, 0.25) is 6.29 Å². The number of aliphatic imine (C=N–C) groups is 1. The first-order valence-electron chi connectivity index (χ1n) is 10.7. The fraction of sp³-hybridized carbons (Fsp3) is 0.458. The van der Waals surface area contributed by atoms with Crippen molar-refractivity contribution < 1.29 is 32.2 Å². The number of ether oxygens (including phenoxy) is 3. The van der Waals surface area contributed by atoms with Crippen molar-refractivity contribution >= 4 is 35.3 Å². The Labute approximate surface area is 207 Å². The average molecular weight is 516 g/mol. The van der Waals surface area contributed by atoms with Crippen molar-refractivity contribution in [1.29, 1.82) is 0 Å². The number of allylic oxidation sites excluding steroid dienone is 1. The Kier molecular flexibility index (Phi) is 9.00. The summed E-state index contributed by atoms with van der Waals surface area (Å²) in [5, 5.41) is 4.60. The highest BCUT2D eigenvalue weighted by Crippen LogP contribution is 2.34. The van der Waals surface area contributed by atoms with E-state index in [1.165, 1.54) is 11.6 Å². The van der Waals surface area contributed by atoms with Gasteiger partial charge in [0.25, 0.3) is 0 Å². The summed E-state index contributed by atoms with van der Waals surface area (Å²) in [6.07, 6.45) is -5.99. The van der Waals surface area contributed by atoms with Gasteiger partial charge in [-0.2, -0.15) is 18.3 Å². The fourth-order valence-electron chi connectivity index (χ4n) is 3.17. The molecule has 0 aliphatic heterocycles. The summed E-state index contributed by atoms with van der Waals surface area (Å²) in [6, 6.07) is 7.73.